The van der Waals surface area contributed by atoms with E-state index in [4.69, 9.17) is 16.3 Å². The maximum absolute atomic E-state index is 13.7. The Labute approximate surface area is 162 Å². The normalized spacial score (nSPS) is 11.8. The second-order valence-electron chi connectivity index (χ2n) is 5.61. The summed E-state index contributed by atoms with van der Waals surface area (Å²) in [5.41, 5.74) is 0.324. The zero-order valence-corrected chi connectivity index (χ0v) is 16.4. The van der Waals surface area contributed by atoms with Crippen LogP contribution in [0.1, 0.15) is 5.56 Å². The lowest BCUT2D eigenvalue weighted by molar-refractivity contribution is -0.111. The largest absolute Gasteiger partial charge is 0.495 e. The first kappa shape index (κ1) is 20.9. The first-order valence-electron chi connectivity index (χ1n) is 7.70. The highest BCUT2D eigenvalue weighted by atomic mass is 35.5. The van der Waals surface area contributed by atoms with Crippen molar-refractivity contribution in [2.24, 2.45) is 0 Å². The van der Waals surface area contributed by atoms with Crippen molar-refractivity contribution >= 4 is 39.3 Å². The number of halogens is 2. The third-order valence-corrected chi connectivity index (χ3v) is 5.76. The Hall–Kier alpha value is -2.42. The van der Waals surface area contributed by atoms with Crippen molar-refractivity contribution in [2.75, 3.05) is 26.5 Å². The van der Waals surface area contributed by atoms with Gasteiger partial charge < -0.3 is 10.1 Å². The summed E-state index contributed by atoms with van der Waals surface area (Å²) in [5.74, 6) is -0.988. The van der Waals surface area contributed by atoms with E-state index in [-0.39, 0.29) is 26.9 Å². The summed E-state index contributed by atoms with van der Waals surface area (Å²) in [6, 6.07) is 8.41. The fraction of sp³-hybridized carbons (Fsp3) is 0.167. The Bertz CT molecular complexity index is 971. The fourth-order valence-electron chi connectivity index (χ4n) is 2.17. The van der Waals surface area contributed by atoms with Crippen molar-refractivity contribution in [2.45, 2.75) is 4.90 Å². The quantitative estimate of drug-likeness (QED) is 0.738. The van der Waals surface area contributed by atoms with Gasteiger partial charge in [0.25, 0.3) is 0 Å². The lowest BCUT2D eigenvalue weighted by Crippen LogP contribution is -2.23. The molecule has 0 heterocycles. The van der Waals surface area contributed by atoms with Crippen molar-refractivity contribution < 1.29 is 22.3 Å². The van der Waals surface area contributed by atoms with Gasteiger partial charge in [-0.25, -0.2) is 17.1 Å². The average molecular weight is 413 g/mol. The lowest BCUT2D eigenvalue weighted by Gasteiger charge is -2.15. The van der Waals surface area contributed by atoms with Gasteiger partial charge in [-0.2, -0.15) is 0 Å². The summed E-state index contributed by atoms with van der Waals surface area (Å²) >= 11 is 5.90. The number of nitrogens with one attached hydrogen (secondary N) is 1. The van der Waals surface area contributed by atoms with E-state index in [2.05, 4.69) is 5.32 Å². The van der Waals surface area contributed by atoms with E-state index in [0.717, 1.165) is 10.4 Å². The van der Waals surface area contributed by atoms with Crippen LogP contribution >= 0.6 is 11.6 Å². The summed E-state index contributed by atoms with van der Waals surface area (Å²) in [5, 5.41) is 2.69. The number of hydrogen-bond acceptors (Lipinski definition) is 4. The Balaban J connectivity index is 2.27. The van der Waals surface area contributed by atoms with Crippen molar-refractivity contribution in [3.05, 3.63) is 58.9 Å². The Kier molecular flexibility index (Phi) is 6.59. The zero-order valence-electron chi connectivity index (χ0n) is 14.9. The molecule has 0 aliphatic rings. The smallest absolute Gasteiger partial charge is 0.248 e. The summed E-state index contributed by atoms with van der Waals surface area (Å²) in [7, 11) is 0.357. The van der Waals surface area contributed by atoms with E-state index >= 15 is 0 Å². The summed E-state index contributed by atoms with van der Waals surface area (Å²) in [6.45, 7) is 0. The minimum absolute atomic E-state index is 0.0833. The minimum atomic E-state index is -3.77. The molecule has 0 aliphatic heterocycles. The molecule has 0 aromatic heterocycles. The number of carbonyl (C=O) groups is 1. The van der Waals surface area contributed by atoms with Gasteiger partial charge in [-0.05, 0) is 36.4 Å². The lowest BCUT2D eigenvalue weighted by atomic mass is 10.2. The molecule has 0 spiro atoms. The van der Waals surface area contributed by atoms with Gasteiger partial charge in [-0.1, -0.05) is 17.7 Å². The highest BCUT2D eigenvalue weighted by molar-refractivity contribution is 7.89. The molecule has 9 heteroatoms. The van der Waals surface area contributed by atoms with Gasteiger partial charge in [-0.3, -0.25) is 4.79 Å². The molecule has 0 saturated heterocycles. The highest BCUT2D eigenvalue weighted by Gasteiger charge is 2.22. The van der Waals surface area contributed by atoms with Gasteiger partial charge in [0.1, 0.15) is 16.5 Å². The molecular formula is C18H18ClFN2O4S. The van der Waals surface area contributed by atoms with E-state index in [1.807, 2.05) is 0 Å². The third kappa shape index (κ3) is 4.85. The third-order valence-electron chi connectivity index (χ3n) is 3.59. The predicted octanol–water partition coefficient (Wildman–Crippen LogP) is 3.39. The molecule has 2 rings (SSSR count). The second kappa shape index (κ2) is 8.51. The molecule has 0 fully saturated rings. The Morgan fingerprint density at radius 2 is 1.96 bits per heavy atom. The predicted molar refractivity (Wildman–Crippen MR) is 103 cm³/mol. The van der Waals surface area contributed by atoms with Crippen molar-refractivity contribution in [3.8, 4) is 5.75 Å². The van der Waals surface area contributed by atoms with E-state index < -0.39 is 21.7 Å². The molecule has 2 aromatic carbocycles. The standard InChI is InChI=1S/C18H18ClFN2O4S/c1-22(2)27(24,25)17-11-12(7-9-16(17)26-3)21-18(23)10-8-13-14(19)5-4-6-15(13)20/h4-11H,1-3H3,(H,21,23)/b10-8+. The average Bonchev–Trinajstić information content (AvgIpc) is 2.61. The van der Waals surface area contributed by atoms with Crippen LogP contribution in [0.15, 0.2) is 47.4 Å². The number of hydrogen-bond donors (Lipinski definition) is 1. The van der Waals surface area contributed by atoms with Crippen LogP contribution in [-0.2, 0) is 14.8 Å². The van der Waals surface area contributed by atoms with Crippen molar-refractivity contribution in [1.82, 2.24) is 4.31 Å². The van der Waals surface area contributed by atoms with Gasteiger partial charge in [0, 0.05) is 31.4 Å². The second-order valence-corrected chi connectivity index (χ2v) is 8.14. The van der Waals surface area contributed by atoms with Crippen LogP contribution in [0.3, 0.4) is 0 Å². The molecule has 144 valence electrons. The van der Waals surface area contributed by atoms with E-state index in [1.54, 1.807) is 0 Å². The van der Waals surface area contributed by atoms with Gasteiger partial charge in [0.15, 0.2) is 0 Å². The van der Waals surface area contributed by atoms with Gasteiger partial charge in [-0.15, -0.1) is 0 Å². The number of carbonyl (C=O) groups excluding carboxylic acids is 1. The molecule has 0 saturated carbocycles. The number of anilines is 1. The maximum atomic E-state index is 13.7. The number of rotatable bonds is 6. The molecule has 2 aromatic rings. The molecule has 1 amide bonds. The van der Waals surface area contributed by atoms with Gasteiger partial charge in [0.2, 0.25) is 15.9 Å². The first-order chi connectivity index (χ1) is 12.7. The van der Waals surface area contributed by atoms with Crippen LogP contribution in [-0.4, -0.2) is 39.8 Å². The van der Waals surface area contributed by atoms with Gasteiger partial charge >= 0.3 is 0 Å². The highest BCUT2D eigenvalue weighted by Crippen LogP contribution is 2.29. The molecule has 0 atom stereocenters. The number of ether oxygens (including phenoxy) is 1. The Morgan fingerprint density at radius 3 is 2.56 bits per heavy atom. The molecular weight excluding hydrogens is 395 g/mol. The minimum Gasteiger partial charge on any atom is -0.495 e. The molecule has 0 aliphatic carbocycles. The monoisotopic (exact) mass is 412 g/mol. The van der Waals surface area contributed by atoms with Gasteiger partial charge in [0.05, 0.1) is 12.1 Å². The molecule has 0 unspecified atom stereocenters. The number of nitrogens with zero attached hydrogens (tertiary/aromatic N) is 1. The SMILES string of the molecule is COc1ccc(NC(=O)/C=C/c2c(F)cccc2Cl)cc1S(=O)(=O)N(C)C. The van der Waals surface area contributed by atoms with Crippen LogP contribution in [0.2, 0.25) is 5.02 Å². The topological polar surface area (TPSA) is 75.7 Å². The molecule has 0 bridgehead atoms. The number of methoxy groups -OCH3 is 1. The maximum Gasteiger partial charge on any atom is 0.248 e. The van der Waals surface area contributed by atoms with Crippen LogP contribution in [0.25, 0.3) is 6.08 Å². The van der Waals surface area contributed by atoms with Crippen LogP contribution < -0.4 is 10.1 Å². The fourth-order valence-corrected chi connectivity index (χ4v) is 3.47. The van der Waals surface area contributed by atoms with Crippen LogP contribution in [0.5, 0.6) is 5.75 Å². The molecule has 6 nitrogen and oxygen atoms in total. The van der Waals surface area contributed by atoms with Crippen molar-refractivity contribution in [1.29, 1.82) is 0 Å². The molecule has 1 N–H and O–H groups in total. The van der Waals surface area contributed by atoms with E-state index in [9.17, 15) is 17.6 Å². The number of sulfonamides is 1. The van der Waals surface area contributed by atoms with Crippen molar-refractivity contribution in [3.63, 3.8) is 0 Å². The Morgan fingerprint density at radius 1 is 1.26 bits per heavy atom. The van der Waals surface area contributed by atoms with Crippen LogP contribution in [0, 0.1) is 5.82 Å². The van der Waals surface area contributed by atoms with E-state index in [1.165, 1.54) is 63.7 Å². The molecule has 27 heavy (non-hydrogen) atoms. The summed E-state index contributed by atoms with van der Waals surface area (Å²) in [6.07, 6.45) is 2.35. The van der Waals surface area contributed by atoms with Crippen LogP contribution in [0.4, 0.5) is 10.1 Å². The summed E-state index contributed by atoms with van der Waals surface area (Å²) in [4.78, 5) is 12.0. The number of amides is 1. The molecule has 0 radical (unpaired) electrons. The van der Waals surface area contributed by atoms with E-state index in [0.29, 0.717) is 0 Å². The number of benzene rings is 2. The first-order valence-corrected chi connectivity index (χ1v) is 9.52. The zero-order chi connectivity index (χ0) is 20.2. The summed E-state index contributed by atoms with van der Waals surface area (Å²) < 4.78 is 44.6.